The third kappa shape index (κ3) is 4.37. The van der Waals surface area contributed by atoms with Gasteiger partial charge in [0.1, 0.15) is 0 Å². The zero-order chi connectivity index (χ0) is 28.8. The van der Waals surface area contributed by atoms with Gasteiger partial charge < -0.3 is 4.98 Å². The van der Waals surface area contributed by atoms with Crippen LogP contribution < -0.4 is 5.62 Å². The Hall–Kier alpha value is -5.87. The van der Waals surface area contributed by atoms with E-state index in [4.69, 9.17) is 10.4 Å². The second kappa shape index (κ2) is 10.2. The first-order valence-corrected chi connectivity index (χ1v) is 14.3. The predicted molar refractivity (Wildman–Crippen MR) is 178 cm³/mol. The molecule has 0 bridgehead atoms. The highest BCUT2D eigenvalue weighted by Gasteiger charge is 2.11. The molecule has 202 valence electrons. The molecule has 0 radical (unpaired) electrons. The molecule has 0 aliphatic carbocycles. The van der Waals surface area contributed by atoms with E-state index in [-0.39, 0.29) is 5.84 Å². The topological polar surface area (TPSA) is 64.9 Å². The highest BCUT2D eigenvalue weighted by Crippen LogP contribution is 2.37. The molecule has 0 saturated carbocycles. The number of hydrogen-bond acceptors (Lipinski definition) is 2. The second-order valence-corrected chi connectivity index (χ2v) is 10.7. The average Bonchev–Trinajstić information content (AvgIpc) is 3.08. The van der Waals surface area contributed by atoms with Crippen LogP contribution in [0.15, 0.2) is 151 Å². The first-order valence-electron chi connectivity index (χ1n) is 14.3. The molecule has 2 N–H and O–H groups in total. The van der Waals surface area contributed by atoms with Gasteiger partial charge >= 0.3 is 0 Å². The van der Waals surface area contributed by atoms with Crippen molar-refractivity contribution < 1.29 is 0 Å². The SMILES string of the molecule is N=C(/N=c1/nc(-c2ccccc2)c2ccccc2[nH]1)c1cccc(-c2ccc3c4ccccc4c4ccccc4c3c2)c1. The smallest absolute Gasteiger partial charge is 0.229 e. The Balaban J connectivity index is 1.23. The second-order valence-electron chi connectivity index (χ2n) is 10.7. The quantitative estimate of drug-likeness (QED) is 0.128. The van der Waals surface area contributed by atoms with Crippen LogP contribution >= 0.6 is 0 Å². The minimum Gasteiger partial charge on any atom is -0.323 e. The zero-order valence-electron chi connectivity index (χ0n) is 23.3. The van der Waals surface area contributed by atoms with E-state index in [9.17, 15) is 0 Å². The molecular formula is C39H26N4. The Morgan fingerprint density at radius 2 is 1.05 bits per heavy atom. The van der Waals surface area contributed by atoms with Gasteiger partial charge in [0.05, 0.1) is 11.2 Å². The summed E-state index contributed by atoms with van der Waals surface area (Å²) in [6, 6.07) is 50.1. The Morgan fingerprint density at radius 1 is 0.488 bits per heavy atom. The van der Waals surface area contributed by atoms with E-state index >= 15 is 0 Å². The fourth-order valence-corrected chi connectivity index (χ4v) is 6.09. The molecule has 4 heteroatoms. The number of rotatable bonds is 3. The van der Waals surface area contributed by atoms with Gasteiger partial charge in [-0.25, -0.2) is 4.98 Å². The van der Waals surface area contributed by atoms with Gasteiger partial charge in [-0.3, -0.25) is 5.41 Å². The van der Waals surface area contributed by atoms with Crippen molar-refractivity contribution in [2.24, 2.45) is 4.99 Å². The van der Waals surface area contributed by atoms with E-state index < -0.39 is 0 Å². The summed E-state index contributed by atoms with van der Waals surface area (Å²) >= 11 is 0. The average molecular weight is 551 g/mol. The Bertz CT molecular complexity index is 2380. The normalized spacial score (nSPS) is 12.0. The molecule has 8 aromatic rings. The van der Waals surface area contributed by atoms with Gasteiger partial charge in [-0.1, -0.05) is 127 Å². The molecule has 7 aromatic carbocycles. The van der Waals surface area contributed by atoms with Crippen molar-refractivity contribution in [1.82, 2.24) is 9.97 Å². The number of benzene rings is 7. The van der Waals surface area contributed by atoms with Gasteiger partial charge in [-0.15, -0.1) is 0 Å². The third-order valence-electron chi connectivity index (χ3n) is 8.12. The van der Waals surface area contributed by atoms with Gasteiger partial charge in [0.15, 0.2) is 5.84 Å². The molecule has 0 spiro atoms. The minimum atomic E-state index is 0.150. The van der Waals surface area contributed by atoms with E-state index in [1.54, 1.807) is 0 Å². The van der Waals surface area contributed by atoms with Crippen molar-refractivity contribution in [3.8, 4) is 22.4 Å². The van der Waals surface area contributed by atoms with Crippen LogP contribution in [0, 0.1) is 5.41 Å². The predicted octanol–water partition coefficient (Wildman–Crippen LogP) is 9.28. The number of nitrogens with zero attached hydrogens (tertiary/aromatic N) is 2. The van der Waals surface area contributed by atoms with E-state index in [0.717, 1.165) is 38.9 Å². The van der Waals surface area contributed by atoms with Crippen molar-refractivity contribution in [3.63, 3.8) is 0 Å². The largest absolute Gasteiger partial charge is 0.323 e. The van der Waals surface area contributed by atoms with Crippen molar-refractivity contribution in [2.45, 2.75) is 0 Å². The van der Waals surface area contributed by atoms with Crippen LogP contribution in [0.4, 0.5) is 0 Å². The molecule has 0 saturated heterocycles. The highest BCUT2D eigenvalue weighted by molar-refractivity contribution is 6.25. The van der Waals surface area contributed by atoms with E-state index in [2.05, 4.69) is 88.8 Å². The Kier molecular flexibility index (Phi) is 5.90. The molecule has 0 unspecified atom stereocenters. The molecule has 4 nitrogen and oxygen atoms in total. The number of para-hydroxylation sites is 1. The molecule has 1 aromatic heterocycles. The first kappa shape index (κ1) is 24.9. The van der Waals surface area contributed by atoms with E-state index in [0.29, 0.717) is 5.62 Å². The summed E-state index contributed by atoms with van der Waals surface area (Å²) in [4.78, 5) is 12.8. The lowest BCUT2D eigenvalue weighted by molar-refractivity contribution is 1.05. The lowest BCUT2D eigenvalue weighted by Gasteiger charge is -2.12. The summed E-state index contributed by atoms with van der Waals surface area (Å²) in [5.41, 5.74) is 6.04. The van der Waals surface area contributed by atoms with Crippen LogP contribution in [-0.4, -0.2) is 15.8 Å². The summed E-state index contributed by atoms with van der Waals surface area (Å²) in [5.74, 6) is 0.150. The summed E-state index contributed by atoms with van der Waals surface area (Å²) in [5, 5.41) is 17.4. The summed E-state index contributed by atoms with van der Waals surface area (Å²) < 4.78 is 0. The molecule has 1 heterocycles. The maximum absolute atomic E-state index is 8.91. The van der Waals surface area contributed by atoms with E-state index in [1.165, 1.54) is 32.3 Å². The number of amidine groups is 1. The van der Waals surface area contributed by atoms with Crippen LogP contribution in [-0.2, 0) is 0 Å². The molecule has 0 fully saturated rings. The van der Waals surface area contributed by atoms with Crippen LogP contribution in [0.25, 0.3) is 65.6 Å². The van der Waals surface area contributed by atoms with Gasteiger partial charge in [-0.05, 0) is 61.6 Å². The van der Waals surface area contributed by atoms with Gasteiger partial charge in [-0.2, -0.15) is 4.99 Å². The molecule has 0 atom stereocenters. The molecule has 43 heavy (non-hydrogen) atoms. The number of aromatic amines is 1. The Morgan fingerprint density at radius 3 is 1.77 bits per heavy atom. The number of hydrogen-bond donors (Lipinski definition) is 2. The fourth-order valence-electron chi connectivity index (χ4n) is 6.09. The molecule has 0 aliphatic rings. The van der Waals surface area contributed by atoms with Gasteiger partial charge in [0, 0.05) is 16.5 Å². The maximum atomic E-state index is 8.91. The fraction of sp³-hybridized carbons (Fsp3) is 0. The van der Waals surface area contributed by atoms with Crippen molar-refractivity contribution in [1.29, 1.82) is 5.41 Å². The van der Waals surface area contributed by atoms with Crippen LogP contribution in [0.2, 0.25) is 0 Å². The third-order valence-corrected chi connectivity index (χ3v) is 8.12. The molecule has 0 amide bonds. The molecule has 0 aliphatic heterocycles. The lowest BCUT2D eigenvalue weighted by Crippen LogP contribution is -2.17. The summed E-state index contributed by atoms with van der Waals surface area (Å²) in [7, 11) is 0. The lowest BCUT2D eigenvalue weighted by atomic mass is 9.92. The number of fused-ring (bicyclic) bond motifs is 7. The number of nitrogens with one attached hydrogen (secondary N) is 2. The van der Waals surface area contributed by atoms with Crippen LogP contribution in [0.1, 0.15) is 5.56 Å². The van der Waals surface area contributed by atoms with Crippen LogP contribution in [0.5, 0.6) is 0 Å². The van der Waals surface area contributed by atoms with Crippen molar-refractivity contribution in [2.75, 3.05) is 0 Å². The van der Waals surface area contributed by atoms with Crippen molar-refractivity contribution in [3.05, 3.63) is 157 Å². The van der Waals surface area contributed by atoms with Gasteiger partial charge in [0.2, 0.25) is 5.62 Å². The number of H-pyrrole nitrogens is 1. The zero-order valence-corrected chi connectivity index (χ0v) is 23.3. The van der Waals surface area contributed by atoms with Crippen LogP contribution in [0.3, 0.4) is 0 Å². The monoisotopic (exact) mass is 550 g/mol. The highest BCUT2D eigenvalue weighted by atomic mass is 15.0. The van der Waals surface area contributed by atoms with Crippen molar-refractivity contribution >= 4 is 49.1 Å². The summed E-state index contributed by atoms with van der Waals surface area (Å²) in [6.45, 7) is 0. The standard InChI is InChI=1S/C39H26N4/c40-38(43-39-41-36-20-9-8-19-34(36)37(42-39)25-11-2-1-3-12-25)28-14-10-13-26(23-28)27-21-22-33-31-17-5-4-15-29(31)30-16-6-7-18-32(30)35(33)24-27/h1-24H,(H2,40,41,42,43). The first-order chi connectivity index (χ1) is 21.2. The minimum absolute atomic E-state index is 0.150. The van der Waals surface area contributed by atoms with E-state index in [1.807, 2.05) is 66.7 Å². The maximum Gasteiger partial charge on any atom is 0.229 e. The molecule has 8 rings (SSSR count). The molecular weight excluding hydrogens is 524 g/mol. The Labute approximate surface area is 248 Å². The summed E-state index contributed by atoms with van der Waals surface area (Å²) in [6.07, 6.45) is 0. The number of aromatic nitrogens is 2. The van der Waals surface area contributed by atoms with Gasteiger partial charge in [0.25, 0.3) is 0 Å².